The number of ether oxygens (including phenoxy) is 2. The molecule has 0 spiro atoms. The number of anilines is 1. The number of nitrogens with zero attached hydrogens (tertiary/aromatic N) is 2. The van der Waals surface area contributed by atoms with Gasteiger partial charge in [0.05, 0.1) is 14.2 Å². The minimum atomic E-state index is -4.61. The van der Waals surface area contributed by atoms with E-state index >= 15 is 0 Å². The van der Waals surface area contributed by atoms with Gasteiger partial charge in [0.1, 0.15) is 10.2 Å². The molecule has 2 N–H and O–H groups in total. The van der Waals surface area contributed by atoms with Crippen LogP contribution in [0.2, 0.25) is 0 Å². The first-order valence-corrected chi connectivity index (χ1v) is 9.23. The molecule has 2 amide bonds. The third-order valence-corrected chi connectivity index (χ3v) is 4.06. The normalized spacial score (nSPS) is 10.6. The molecule has 0 aliphatic rings. The Kier molecular flexibility index (Phi) is 6.52. The first-order valence-electron chi connectivity index (χ1n) is 7.03. The van der Waals surface area contributed by atoms with Gasteiger partial charge in [-0.25, -0.2) is 19.3 Å². The fourth-order valence-corrected chi connectivity index (χ4v) is 2.82. The van der Waals surface area contributed by atoms with Crippen molar-refractivity contribution in [1.29, 1.82) is 0 Å². The second kappa shape index (κ2) is 8.64. The third kappa shape index (κ3) is 5.79. The van der Waals surface area contributed by atoms with Gasteiger partial charge in [0, 0.05) is 6.07 Å². The van der Waals surface area contributed by atoms with Crippen molar-refractivity contribution in [2.24, 2.45) is 0 Å². The molecule has 27 heavy (non-hydrogen) atoms. The highest BCUT2D eigenvalue weighted by atomic mass is 79.9. The van der Waals surface area contributed by atoms with E-state index in [4.69, 9.17) is 8.92 Å². The summed E-state index contributed by atoms with van der Waals surface area (Å²) in [6, 6.07) is 5.71. The zero-order valence-corrected chi connectivity index (χ0v) is 16.3. The zero-order chi connectivity index (χ0) is 20.0. The molecule has 0 atom stereocenters. The van der Waals surface area contributed by atoms with Crippen LogP contribution in [-0.4, -0.2) is 44.6 Å². The van der Waals surface area contributed by atoms with Gasteiger partial charge < -0.3 is 13.7 Å². The summed E-state index contributed by atoms with van der Waals surface area (Å²) in [4.78, 5) is 31.2. The summed E-state index contributed by atoms with van der Waals surface area (Å²) in [5.41, 5.74) is -0.133. The van der Waals surface area contributed by atoms with Crippen LogP contribution < -0.4 is 19.0 Å². The lowest BCUT2D eigenvalue weighted by Crippen LogP contribution is -2.37. The van der Waals surface area contributed by atoms with Gasteiger partial charge in [-0.05, 0) is 28.1 Å². The van der Waals surface area contributed by atoms with Crippen LogP contribution in [0.15, 0.2) is 34.9 Å². The van der Waals surface area contributed by atoms with E-state index in [1.807, 2.05) is 0 Å². The second-order valence-electron chi connectivity index (χ2n) is 4.64. The van der Waals surface area contributed by atoms with Crippen LogP contribution >= 0.6 is 15.9 Å². The highest BCUT2D eigenvalue weighted by molar-refractivity contribution is 9.10. The summed E-state index contributed by atoms with van der Waals surface area (Å²) in [6.45, 7) is 0. The molecule has 144 valence electrons. The van der Waals surface area contributed by atoms with E-state index in [9.17, 15) is 18.0 Å². The zero-order valence-electron chi connectivity index (χ0n) is 13.9. The fourth-order valence-electron chi connectivity index (χ4n) is 1.75. The smallest absolute Gasteiger partial charge is 0.411 e. The van der Waals surface area contributed by atoms with Crippen LogP contribution in [0.5, 0.6) is 11.6 Å². The monoisotopic (exact) mass is 460 g/mol. The predicted octanol–water partition coefficient (Wildman–Crippen LogP) is 1.48. The summed E-state index contributed by atoms with van der Waals surface area (Å²) in [5, 5.41) is 2.11. The minimum Gasteiger partial charge on any atom is -0.481 e. The third-order valence-electron chi connectivity index (χ3n) is 2.82. The number of rotatable bonds is 6. The van der Waals surface area contributed by atoms with Gasteiger partial charge in [0.25, 0.3) is 0 Å². The quantitative estimate of drug-likeness (QED) is 0.482. The number of para-hydroxylation sites is 1. The highest BCUT2D eigenvalue weighted by Crippen LogP contribution is 2.20. The van der Waals surface area contributed by atoms with Gasteiger partial charge in [-0.15, -0.1) is 0 Å². The van der Waals surface area contributed by atoms with E-state index in [0.717, 1.165) is 7.11 Å². The van der Waals surface area contributed by atoms with Crippen LogP contribution in [0.1, 0.15) is 10.4 Å². The van der Waals surface area contributed by atoms with Crippen LogP contribution in [0.4, 0.5) is 10.7 Å². The van der Waals surface area contributed by atoms with Crippen molar-refractivity contribution >= 4 is 44.2 Å². The fraction of sp³-hybridized carbons (Fsp3) is 0.143. The topological polar surface area (TPSA) is 146 Å². The molecule has 1 aromatic carbocycles. The number of nitrogens with one attached hydrogen (secondary N) is 2. The molecule has 0 bridgehead atoms. The molecule has 0 saturated heterocycles. The van der Waals surface area contributed by atoms with E-state index in [1.165, 1.54) is 37.4 Å². The van der Waals surface area contributed by atoms with Crippen molar-refractivity contribution in [3.05, 3.63) is 40.5 Å². The van der Waals surface area contributed by atoms with Gasteiger partial charge >= 0.3 is 22.3 Å². The molecule has 0 fully saturated rings. The molecule has 2 aromatic rings. The van der Waals surface area contributed by atoms with Gasteiger partial charge in [-0.3, -0.25) is 5.32 Å². The Morgan fingerprint density at radius 3 is 2.52 bits per heavy atom. The Hall–Kier alpha value is -2.93. The Morgan fingerprint density at radius 1 is 1.15 bits per heavy atom. The Bertz CT molecular complexity index is 968. The molecule has 0 aliphatic carbocycles. The molecule has 2 rings (SSSR count). The predicted molar refractivity (Wildman–Crippen MR) is 95.8 cm³/mol. The van der Waals surface area contributed by atoms with Crippen LogP contribution in [0.25, 0.3) is 0 Å². The Labute approximate surface area is 162 Å². The largest absolute Gasteiger partial charge is 0.481 e. The van der Waals surface area contributed by atoms with Gasteiger partial charge in [0.2, 0.25) is 11.8 Å². The SMILES string of the molecule is COC(=O)c1ccccc1OS(=O)(=O)NC(=O)Nc1nc(Br)cc(OC)n1. The summed E-state index contributed by atoms with van der Waals surface area (Å²) in [7, 11) is -2.13. The molecule has 1 heterocycles. The maximum Gasteiger partial charge on any atom is 0.411 e. The molecule has 1 aromatic heterocycles. The summed E-state index contributed by atoms with van der Waals surface area (Å²) in [5.74, 6) is -1.20. The summed E-state index contributed by atoms with van der Waals surface area (Å²) in [6.07, 6.45) is 0. The number of carbonyl (C=O) groups is 2. The van der Waals surface area contributed by atoms with Crippen molar-refractivity contribution in [2.45, 2.75) is 0 Å². The maximum atomic E-state index is 12.0. The van der Waals surface area contributed by atoms with Gasteiger partial charge in [-0.2, -0.15) is 13.4 Å². The van der Waals surface area contributed by atoms with Crippen molar-refractivity contribution < 1.29 is 31.7 Å². The average Bonchev–Trinajstić information content (AvgIpc) is 2.59. The first kappa shape index (κ1) is 20.4. The van der Waals surface area contributed by atoms with Crippen molar-refractivity contribution in [3.63, 3.8) is 0 Å². The number of halogens is 1. The number of carbonyl (C=O) groups excluding carboxylic acids is 2. The number of amides is 2. The Morgan fingerprint density at radius 2 is 1.85 bits per heavy atom. The van der Waals surface area contributed by atoms with E-state index < -0.39 is 22.3 Å². The van der Waals surface area contributed by atoms with Crippen LogP contribution in [-0.2, 0) is 15.0 Å². The molecule has 13 heteroatoms. The lowest BCUT2D eigenvalue weighted by Gasteiger charge is -2.11. The molecule has 0 saturated carbocycles. The van der Waals surface area contributed by atoms with Gasteiger partial charge in [0.15, 0.2) is 5.75 Å². The standard InChI is InChI=1S/C14H13BrN4O7S/c1-24-11-7-10(15)16-13(17-11)18-14(21)19-27(22,23)26-9-6-4-3-5-8(9)12(20)25-2/h3-7H,1-2H3,(H2,16,17,18,19,21). The number of methoxy groups -OCH3 is 2. The minimum absolute atomic E-state index is 0.133. The second-order valence-corrected chi connectivity index (χ2v) is 6.73. The maximum absolute atomic E-state index is 12.0. The van der Waals surface area contributed by atoms with E-state index in [-0.39, 0.29) is 23.1 Å². The number of hydrogen-bond donors (Lipinski definition) is 2. The number of benzene rings is 1. The number of aromatic nitrogens is 2. The molecule has 0 unspecified atom stereocenters. The van der Waals surface area contributed by atoms with Crippen molar-refractivity contribution in [1.82, 2.24) is 14.7 Å². The van der Waals surface area contributed by atoms with Crippen LogP contribution in [0.3, 0.4) is 0 Å². The van der Waals surface area contributed by atoms with Crippen molar-refractivity contribution in [3.8, 4) is 11.6 Å². The van der Waals surface area contributed by atoms with E-state index in [2.05, 4.69) is 36.0 Å². The molecular weight excluding hydrogens is 448 g/mol. The van der Waals surface area contributed by atoms with Crippen molar-refractivity contribution in [2.75, 3.05) is 19.5 Å². The summed E-state index contributed by atoms with van der Waals surface area (Å²) < 4.78 is 40.2. The van der Waals surface area contributed by atoms with E-state index in [0.29, 0.717) is 4.60 Å². The highest BCUT2D eigenvalue weighted by Gasteiger charge is 2.22. The number of urea groups is 1. The molecular formula is C14H13BrN4O7S. The van der Waals surface area contributed by atoms with Crippen LogP contribution in [0, 0.1) is 0 Å². The molecule has 0 radical (unpaired) electrons. The Balaban J connectivity index is 2.12. The van der Waals surface area contributed by atoms with E-state index in [1.54, 1.807) is 4.72 Å². The number of hydrogen-bond acceptors (Lipinski definition) is 9. The average molecular weight is 461 g/mol. The summed E-state index contributed by atoms with van der Waals surface area (Å²) >= 11 is 3.09. The lowest BCUT2D eigenvalue weighted by molar-refractivity contribution is 0.0599. The molecule has 11 nitrogen and oxygen atoms in total. The van der Waals surface area contributed by atoms with Gasteiger partial charge in [-0.1, -0.05) is 12.1 Å². The number of esters is 1. The lowest BCUT2D eigenvalue weighted by atomic mass is 10.2. The molecule has 0 aliphatic heterocycles. The first-order chi connectivity index (χ1) is 12.7.